The van der Waals surface area contributed by atoms with E-state index in [4.69, 9.17) is 0 Å². The number of carbonyl (C=O) groups is 1. The molecule has 0 saturated carbocycles. The Kier molecular flexibility index (Phi) is 4.59. The summed E-state index contributed by atoms with van der Waals surface area (Å²) in [5, 5.41) is 3.26. The van der Waals surface area contributed by atoms with Crippen molar-refractivity contribution in [2.75, 3.05) is 18.0 Å². The lowest BCUT2D eigenvalue weighted by Gasteiger charge is -2.37. The van der Waals surface area contributed by atoms with Gasteiger partial charge in [0.15, 0.2) is 0 Å². The molecule has 1 N–H and O–H groups in total. The van der Waals surface area contributed by atoms with Gasteiger partial charge >= 0.3 is 0 Å². The first-order chi connectivity index (χ1) is 9.15. The molecule has 1 aromatic rings. The normalized spacial score (nSPS) is 19.9. The van der Waals surface area contributed by atoms with Gasteiger partial charge in [-0.2, -0.15) is 0 Å². The molecule has 1 aliphatic heterocycles. The standard InChI is InChI=1S/C16H24N2O/c1-4-17-11-12(2)16(19)18-13(3)9-10-14-7-5-6-8-15(14)18/h5-8,12-13,17H,4,9-11H2,1-3H3. The van der Waals surface area contributed by atoms with Crippen LogP contribution in [-0.2, 0) is 11.2 Å². The average Bonchev–Trinajstić information content (AvgIpc) is 2.44. The van der Waals surface area contributed by atoms with E-state index < -0.39 is 0 Å². The highest BCUT2D eigenvalue weighted by Gasteiger charge is 2.30. The first-order valence-corrected chi connectivity index (χ1v) is 7.26. The van der Waals surface area contributed by atoms with E-state index in [1.165, 1.54) is 5.56 Å². The number of anilines is 1. The predicted molar refractivity (Wildman–Crippen MR) is 79.4 cm³/mol. The number of nitrogens with zero attached hydrogens (tertiary/aromatic N) is 1. The third-order valence-corrected chi connectivity index (χ3v) is 3.88. The summed E-state index contributed by atoms with van der Waals surface area (Å²) < 4.78 is 0. The molecule has 3 heteroatoms. The molecule has 2 unspecified atom stereocenters. The zero-order valence-corrected chi connectivity index (χ0v) is 12.1. The van der Waals surface area contributed by atoms with Crippen LogP contribution in [0.5, 0.6) is 0 Å². The van der Waals surface area contributed by atoms with Gasteiger partial charge in [-0.05, 0) is 37.9 Å². The Morgan fingerprint density at radius 3 is 2.95 bits per heavy atom. The molecule has 1 amide bonds. The molecule has 2 rings (SSSR count). The minimum atomic E-state index is 0.0218. The average molecular weight is 260 g/mol. The molecule has 0 aromatic heterocycles. The van der Waals surface area contributed by atoms with Gasteiger partial charge in [-0.1, -0.05) is 32.0 Å². The van der Waals surface area contributed by atoms with Crippen LogP contribution >= 0.6 is 0 Å². The van der Waals surface area contributed by atoms with Gasteiger partial charge in [0.05, 0.1) is 0 Å². The molecule has 2 atom stereocenters. The lowest BCUT2D eigenvalue weighted by molar-refractivity contribution is -0.122. The van der Waals surface area contributed by atoms with E-state index in [0.717, 1.165) is 31.6 Å². The summed E-state index contributed by atoms with van der Waals surface area (Å²) in [6.07, 6.45) is 2.12. The Morgan fingerprint density at radius 2 is 2.21 bits per heavy atom. The Balaban J connectivity index is 2.20. The van der Waals surface area contributed by atoms with E-state index in [2.05, 4.69) is 37.4 Å². The van der Waals surface area contributed by atoms with Gasteiger partial charge in [-0.15, -0.1) is 0 Å². The lowest BCUT2D eigenvalue weighted by atomic mass is 9.95. The molecule has 0 bridgehead atoms. The molecule has 0 spiro atoms. The van der Waals surface area contributed by atoms with Crippen molar-refractivity contribution >= 4 is 11.6 Å². The van der Waals surface area contributed by atoms with Crippen molar-refractivity contribution in [3.05, 3.63) is 29.8 Å². The largest absolute Gasteiger partial charge is 0.316 e. The summed E-state index contributed by atoms with van der Waals surface area (Å²) in [5.74, 6) is 0.258. The van der Waals surface area contributed by atoms with Crippen LogP contribution in [0.15, 0.2) is 24.3 Å². The van der Waals surface area contributed by atoms with Crippen molar-refractivity contribution in [1.82, 2.24) is 5.32 Å². The molecule has 0 aliphatic carbocycles. The van der Waals surface area contributed by atoms with Crippen molar-refractivity contribution in [3.63, 3.8) is 0 Å². The Morgan fingerprint density at radius 1 is 1.47 bits per heavy atom. The zero-order valence-electron chi connectivity index (χ0n) is 12.1. The quantitative estimate of drug-likeness (QED) is 0.902. The number of hydrogen-bond donors (Lipinski definition) is 1. The van der Waals surface area contributed by atoms with Crippen LogP contribution in [0, 0.1) is 5.92 Å². The summed E-state index contributed by atoms with van der Waals surface area (Å²) in [6.45, 7) is 7.88. The first kappa shape index (κ1) is 14.1. The van der Waals surface area contributed by atoms with Crippen LogP contribution in [0.2, 0.25) is 0 Å². The highest BCUT2D eigenvalue weighted by Crippen LogP contribution is 2.31. The number of fused-ring (bicyclic) bond motifs is 1. The lowest BCUT2D eigenvalue weighted by Crippen LogP contribution is -2.46. The van der Waals surface area contributed by atoms with Crippen LogP contribution in [0.4, 0.5) is 5.69 Å². The van der Waals surface area contributed by atoms with E-state index in [-0.39, 0.29) is 11.8 Å². The Bertz CT molecular complexity index is 444. The SMILES string of the molecule is CCNCC(C)C(=O)N1c2ccccc2CCC1C. The maximum atomic E-state index is 12.7. The van der Waals surface area contributed by atoms with Crippen molar-refractivity contribution < 1.29 is 4.79 Å². The monoisotopic (exact) mass is 260 g/mol. The number of amides is 1. The molecule has 104 valence electrons. The smallest absolute Gasteiger partial charge is 0.231 e. The summed E-state index contributed by atoms with van der Waals surface area (Å²) in [6, 6.07) is 8.58. The number of carbonyl (C=O) groups excluding carboxylic acids is 1. The highest BCUT2D eigenvalue weighted by atomic mass is 16.2. The topological polar surface area (TPSA) is 32.3 Å². The van der Waals surface area contributed by atoms with Gasteiger partial charge in [0, 0.05) is 24.2 Å². The number of rotatable bonds is 4. The van der Waals surface area contributed by atoms with E-state index >= 15 is 0 Å². The van der Waals surface area contributed by atoms with Gasteiger partial charge < -0.3 is 10.2 Å². The summed E-state index contributed by atoms with van der Waals surface area (Å²) in [7, 11) is 0. The number of hydrogen-bond acceptors (Lipinski definition) is 2. The summed E-state index contributed by atoms with van der Waals surface area (Å²) >= 11 is 0. The van der Waals surface area contributed by atoms with Gasteiger partial charge in [-0.25, -0.2) is 0 Å². The molecule has 1 heterocycles. The van der Waals surface area contributed by atoms with Crippen molar-refractivity contribution in [3.8, 4) is 0 Å². The minimum absolute atomic E-state index is 0.0218. The van der Waals surface area contributed by atoms with E-state index in [9.17, 15) is 4.79 Å². The van der Waals surface area contributed by atoms with Gasteiger partial charge in [-0.3, -0.25) is 4.79 Å². The minimum Gasteiger partial charge on any atom is -0.316 e. The van der Waals surface area contributed by atoms with E-state index in [1.54, 1.807) is 0 Å². The highest BCUT2D eigenvalue weighted by molar-refractivity contribution is 5.96. The molecular weight excluding hydrogens is 236 g/mol. The van der Waals surface area contributed by atoms with Crippen molar-refractivity contribution in [1.29, 1.82) is 0 Å². The van der Waals surface area contributed by atoms with Gasteiger partial charge in [0.25, 0.3) is 0 Å². The number of para-hydroxylation sites is 1. The fraction of sp³-hybridized carbons (Fsp3) is 0.562. The van der Waals surface area contributed by atoms with Crippen LogP contribution < -0.4 is 10.2 Å². The second-order valence-electron chi connectivity index (χ2n) is 5.43. The Labute approximate surface area is 116 Å². The van der Waals surface area contributed by atoms with E-state index in [0.29, 0.717) is 6.04 Å². The fourth-order valence-corrected chi connectivity index (χ4v) is 2.71. The van der Waals surface area contributed by atoms with Crippen LogP contribution in [0.25, 0.3) is 0 Å². The number of aryl methyl sites for hydroxylation is 1. The third-order valence-electron chi connectivity index (χ3n) is 3.88. The molecular formula is C16H24N2O. The van der Waals surface area contributed by atoms with Gasteiger partial charge in [0.2, 0.25) is 5.91 Å². The molecule has 1 aromatic carbocycles. The second kappa shape index (κ2) is 6.20. The van der Waals surface area contributed by atoms with Crippen LogP contribution in [0.1, 0.15) is 32.8 Å². The molecule has 3 nitrogen and oxygen atoms in total. The van der Waals surface area contributed by atoms with Gasteiger partial charge in [0.1, 0.15) is 0 Å². The summed E-state index contributed by atoms with van der Waals surface area (Å²) in [4.78, 5) is 14.7. The maximum Gasteiger partial charge on any atom is 0.231 e. The van der Waals surface area contributed by atoms with Crippen LogP contribution in [-0.4, -0.2) is 25.0 Å². The summed E-state index contributed by atoms with van der Waals surface area (Å²) in [5.41, 5.74) is 2.40. The Hall–Kier alpha value is -1.35. The van der Waals surface area contributed by atoms with Crippen molar-refractivity contribution in [2.24, 2.45) is 5.92 Å². The predicted octanol–water partition coefficient (Wildman–Crippen LogP) is 2.60. The number of benzene rings is 1. The van der Waals surface area contributed by atoms with E-state index in [1.807, 2.05) is 17.9 Å². The molecule has 1 aliphatic rings. The van der Waals surface area contributed by atoms with Crippen molar-refractivity contribution in [2.45, 2.75) is 39.7 Å². The zero-order chi connectivity index (χ0) is 13.8. The second-order valence-corrected chi connectivity index (χ2v) is 5.43. The molecule has 19 heavy (non-hydrogen) atoms. The third kappa shape index (κ3) is 2.98. The van der Waals surface area contributed by atoms with Crippen LogP contribution in [0.3, 0.4) is 0 Å². The number of nitrogens with one attached hydrogen (secondary N) is 1. The molecule has 0 saturated heterocycles. The first-order valence-electron chi connectivity index (χ1n) is 7.26. The maximum absolute atomic E-state index is 12.7. The fourth-order valence-electron chi connectivity index (χ4n) is 2.71. The molecule has 0 fully saturated rings. The molecule has 0 radical (unpaired) electrons.